The van der Waals surface area contributed by atoms with Gasteiger partial charge in [-0.05, 0) is 37.8 Å². The molecule has 0 spiro atoms. The molecule has 0 saturated heterocycles. The maximum atomic E-state index is 12.0. The lowest BCUT2D eigenvalue weighted by molar-refractivity contribution is -0.116. The Labute approximate surface area is 112 Å². The first-order valence-corrected chi connectivity index (χ1v) is 7.74. The molecule has 0 radical (unpaired) electrons. The van der Waals surface area contributed by atoms with Gasteiger partial charge in [-0.15, -0.1) is 0 Å². The van der Waals surface area contributed by atoms with E-state index in [0.29, 0.717) is 12.0 Å². The van der Waals surface area contributed by atoms with Gasteiger partial charge in [0.25, 0.3) is 15.9 Å². The number of pyridine rings is 1. The molecule has 5 nitrogen and oxygen atoms in total. The van der Waals surface area contributed by atoms with Crippen LogP contribution in [0.1, 0.15) is 32.1 Å². The van der Waals surface area contributed by atoms with E-state index in [0.717, 1.165) is 25.7 Å². The van der Waals surface area contributed by atoms with Gasteiger partial charge < -0.3 is 0 Å². The summed E-state index contributed by atoms with van der Waals surface area (Å²) in [7, 11) is -3.82. The van der Waals surface area contributed by atoms with Crippen LogP contribution in [-0.2, 0) is 14.8 Å². The first-order valence-electron chi connectivity index (χ1n) is 6.26. The molecule has 19 heavy (non-hydrogen) atoms. The van der Waals surface area contributed by atoms with Crippen molar-refractivity contribution in [1.29, 1.82) is 0 Å². The molecule has 1 heterocycles. The monoisotopic (exact) mass is 280 g/mol. The highest BCUT2D eigenvalue weighted by atomic mass is 32.2. The summed E-state index contributed by atoms with van der Waals surface area (Å²) in [5.41, 5.74) is 0.560. The molecule has 0 atom stereocenters. The standard InChI is InChI=1S/C13H16N2O3S/c16-13(11-6-3-1-2-4-7-11)15-19(17,18)12-8-5-9-14-10-12/h5-6,8-10H,1-4,7H2,(H,15,16). The molecule has 0 saturated carbocycles. The number of amides is 1. The molecule has 1 aliphatic rings. The second-order valence-corrected chi connectivity index (χ2v) is 6.13. The molecule has 1 aromatic heterocycles. The zero-order chi connectivity index (χ0) is 13.7. The Bertz CT molecular complexity index is 579. The van der Waals surface area contributed by atoms with E-state index in [2.05, 4.69) is 9.71 Å². The van der Waals surface area contributed by atoms with Gasteiger partial charge in [0.05, 0.1) is 0 Å². The van der Waals surface area contributed by atoms with Crippen molar-refractivity contribution in [2.75, 3.05) is 0 Å². The minimum atomic E-state index is -3.82. The Morgan fingerprint density at radius 3 is 2.84 bits per heavy atom. The van der Waals surface area contributed by atoms with Crippen LogP contribution in [0, 0.1) is 0 Å². The quantitative estimate of drug-likeness (QED) is 0.915. The molecule has 6 heteroatoms. The third-order valence-electron chi connectivity index (χ3n) is 3.00. The summed E-state index contributed by atoms with van der Waals surface area (Å²) in [5, 5.41) is 0. The van der Waals surface area contributed by atoms with Crippen molar-refractivity contribution in [1.82, 2.24) is 9.71 Å². The number of carbonyl (C=O) groups excluding carboxylic acids is 1. The van der Waals surface area contributed by atoms with Gasteiger partial charge >= 0.3 is 0 Å². The molecule has 0 bridgehead atoms. The van der Waals surface area contributed by atoms with Gasteiger partial charge in [0.2, 0.25) is 0 Å². The third kappa shape index (κ3) is 3.64. The summed E-state index contributed by atoms with van der Waals surface area (Å²) in [6.45, 7) is 0. The summed E-state index contributed by atoms with van der Waals surface area (Å²) >= 11 is 0. The van der Waals surface area contributed by atoms with Crippen LogP contribution < -0.4 is 4.72 Å². The van der Waals surface area contributed by atoms with Gasteiger partial charge in [-0.1, -0.05) is 12.5 Å². The minimum absolute atomic E-state index is 0.00225. The molecule has 1 aliphatic carbocycles. The van der Waals surface area contributed by atoms with Crippen molar-refractivity contribution < 1.29 is 13.2 Å². The molecular weight excluding hydrogens is 264 g/mol. The Balaban J connectivity index is 2.12. The zero-order valence-electron chi connectivity index (χ0n) is 10.5. The van der Waals surface area contributed by atoms with Gasteiger partial charge in [-0.25, -0.2) is 13.1 Å². The van der Waals surface area contributed by atoms with Crippen molar-refractivity contribution in [3.8, 4) is 0 Å². The summed E-state index contributed by atoms with van der Waals surface area (Å²) in [6, 6.07) is 2.92. The number of nitrogens with zero attached hydrogens (tertiary/aromatic N) is 1. The van der Waals surface area contributed by atoms with E-state index < -0.39 is 15.9 Å². The molecular formula is C13H16N2O3S. The smallest absolute Gasteiger partial charge is 0.265 e. The molecule has 102 valence electrons. The molecule has 0 aliphatic heterocycles. The zero-order valence-corrected chi connectivity index (χ0v) is 11.3. The van der Waals surface area contributed by atoms with Gasteiger partial charge in [0.15, 0.2) is 0 Å². The number of nitrogens with one attached hydrogen (secondary N) is 1. The number of hydrogen-bond donors (Lipinski definition) is 1. The van der Waals surface area contributed by atoms with Crippen LogP contribution in [0.25, 0.3) is 0 Å². The van der Waals surface area contributed by atoms with Crippen molar-refractivity contribution in [2.45, 2.75) is 37.0 Å². The third-order valence-corrected chi connectivity index (χ3v) is 4.32. The maximum Gasteiger partial charge on any atom is 0.265 e. The largest absolute Gasteiger partial charge is 0.269 e. The molecule has 1 aromatic rings. The topological polar surface area (TPSA) is 76.1 Å². The number of aromatic nitrogens is 1. The average molecular weight is 280 g/mol. The predicted molar refractivity (Wildman–Crippen MR) is 70.7 cm³/mol. The van der Waals surface area contributed by atoms with Crippen LogP contribution >= 0.6 is 0 Å². The fourth-order valence-electron chi connectivity index (χ4n) is 1.97. The van der Waals surface area contributed by atoms with Gasteiger partial charge in [-0.2, -0.15) is 0 Å². The van der Waals surface area contributed by atoms with Crippen molar-refractivity contribution >= 4 is 15.9 Å². The van der Waals surface area contributed by atoms with E-state index in [9.17, 15) is 13.2 Å². The first kappa shape index (κ1) is 13.7. The van der Waals surface area contributed by atoms with Crippen molar-refractivity contribution in [3.05, 3.63) is 36.2 Å². The van der Waals surface area contributed by atoms with Gasteiger partial charge in [0, 0.05) is 18.0 Å². The normalized spacial score (nSPS) is 16.3. The van der Waals surface area contributed by atoms with E-state index in [1.165, 1.54) is 24.5 Å². The molecule has 2 rings (SSSR count). The Morgan fingerprint density at radius 2 is 2.11 bits per heavy atom. The fraction of sp³-hybridized carbons (Fsp3) is 0.385. The van der Waals surface area contributed by atoms with E-state index in [1.54, 1.807) is 0 Å². The Morgan fingerprint density at radius 1 is 1.26 bits per heavy atom. The maximum absolute atomic E-state index is 12.0. The van der Waals surface area contributed by atoms with Crippen molar-refractivity contribution in [3.63, 3.8) is 0 Å². The van der Waals surface area contributed by atoms with E-state index in [4.69, 9.17) is 0 Å². The first-order chi connectivity index (χ1) is 9.09. The second kappa shape index (κ2) is 5.97. The molecule has 0 unspecified atom stereocenters. The minimum Gasteiger partial charge on any atom is -0.269 e. The fourth-order valence-corrected chi connectivity index (χ4v) is 2.92. The second-order valence-electron chi connectivity index (χ2n) is 4.45. The lowest BCUT2D eigenvalue weighted by Crippen LogP contribution is -2.31. The van der Waals surface area contributed by atoms with Crippen LogP contribution in [0.4, 0.5) is 0 Å². The molecule has 0 aromatic carbocycles. The summed E-state index contributed by atoms with van der Waals surface area (Å²) < 4.78 is 26.0. The van der Waals surface area contributed by atoms with E-state index >= 15 is 0 Å². The highest BCUT2D eigenvalue weighted by Gasteiger charge is 2.20. The molecule has 0 fully saturated rings. The van der Waals surface area contributed by atoms with E-state index in [-0.39, 0.29) is 4.90 Å². The number of sulfonamides is 1. The van der Waals surface area contributed by atoms with Crippen LogP contribution in [-0.4, -0.2) is 19.3 Å². The SMILES string of the molecule is O=C(NS(=O)(=O)c1cccnc1)C1=CCCCCC1. The van der Waals surface area contributed by atoms with Crippen LogP contribution in [0.3, 0.4) is 0 Å². The lowest BCUT2D eigenvalue weighted by Gasteiger charge is -2.08. The number of rotatable bonds is 3. The highest BCUT2D eigenvalue weighted by Crippen LogP contribution is 2.18. The van der Waals surface area contributed by atoms with Crippen LogP contribution in [0.2, 0.25) is 0 Å². The number of allylic oxidation sites excluding steroid dienone is 1. The summed E-state index contributed by atoms with van der Waals surface area (Å²) in [5.74, 6) is -0.522. The molecule has 1 amide bonds. The van der Waals surface area contributed by atoms with Crippen LogP contribution in [0.15, 0.2) is 41.1 Å². The van der Waals surface area contributed by atoms with E-state index in [1.807, 2.05) is 6.08 Å². The highest BCUT2D eigenvalue weighted by molar-refractivity contribution is 7.90. The van der Waals surface area contributed by atoms with Gasteiger partial charge in [-0.3, -0.25) is 9.78 Å². The Kier molecular flexibility index (Phi) is 4.31. The lowest BCUT2D eigenvalue weighted by atomic mass is 10.1. The number of carbonyl (C=O) groups is 1. The predicted octanol–water partition coefficient (Wildman–Crippen LogP) is 1.78. The Hall–Kier alpha value is -1.69. The number of hydrogen-bond acceptors (Lipinski definition) is 4. The summed E-state index contributed by atoms with van der Waals surface area (Å²) in [6.07, 6.45) is 9.04. The molecule has 1 N–H and O–H groups in total. The summed E-state index contributed by atoms with van der Waals surface area (Å²) in [4.78, 5) is 15.7. The van der Waals surface area contributed by atoms with Gasteiger partial charge in [0.1, 0.15) is 4.90 Å². The average Bonchev–Trinajstić information content (AvgIpc) is 2.68. The van der Waals surface area contributed by atoms with Crippen molar-refractivity contribution in [2.24, 2.45) is 0 Å². The van der Waals surface area contributed by atoms with Crippen LogP contribution in [0.5, 0.6) is 0 Å².